The molecular weight excluding hydrogens is 314 g/mol. The van der Waals surface area contributed by atoms with Gasteiger partial charge in [0, 0.05) is 10.9 Å². The monoisotopic (exact) mass is 337 g/mol. The largest absolute Gasteiger partial charge is 0.349 e. The number of carbonyl (C=O) groups is 1. The summed E-state index contributed by atoms with van der Waals surface area (Å²) in [7, 11) is 0. The molecule has 4 saturated carbocycles. The van der Waals surface area contributed by atoms with Gasteiger partial charge in [-0.1, -0.05) is 12.1 Å². The fourth-order valence-electron chi connectivity index (χ4n) is 6.02. The Morgan fingerprint density at radius 2 is 1.76 bits per heavy atom. The van der Waals surface area contributed by atoms with Crippen LogP contribution in [0.15, 0.2) is 35.3 Å². The van der Waals surface area contributed by atoms with Gasteiger partial charge in [-0.3, -0.25) is 14.3 Å². The highest BCUT2D eigenvalue weighted by molar-refractivity contribution is 5.81. The summed E-state index contributed by atoms with van der Waals surface area (Å²) in [5.74, 6) is 2.43. The molecule has 0 saturated heterocycles. The van der Waals surface area contributed by atoms with E-state index >= 15 is 0 Å². The smallest absolute Gasteiger partial charge is 0.242 e. The predicted octanol–water partition coefficient (Wildman–Crippen LogP) is 2.48. The molecule has 0 spiro atoms. The van der Waals surface area contributed by atoms with Gasteiger partial charge in [0.1, 0.15) is 6.54 Å². The van der Waals surface area contributed by atoms with Crippen LogP contribution in [0.2, 0.25) is 0 Å². The van der Waals surface area contributed by atoms with Crippen molar-refractivity contribution < 1.29 is 4.79 Å². The molecule has 0 unspecified atom stereocenters. The summed E-state index contributed by atoms with van der Waals surface area (Å²) in [5.41, 5.74) is 0.629. The zero-order chi connectivity index (χ0) is 17.0. The van der Waals surface area contributed by atoms with Crippen molar-refractivity contribution in [3.05, 3.63) is 40.7 Å². The number of hydrogen-bond acceptors (Lipinski definition) is 3. The third kappa shape index (κ3) is 2.57. The molecule has 4 bridgehead atoms. The van der Waals surface area contributed by atoms with Crippen molar-refractivity contribution in [3.63, 3.8) is 0 Å². The lowest BCUT2D eigenvalue weighted by Crippen LogP contribution is -2.60. The van der Waals surface area contributed by atoms with E-state index in [9.17, 15) is 9.59 Å². The van der Waals surface area contributed by atoms with E-state index in [-0.39, 0.29) is 23.4 Å². The molecule has 5 heteroatoms. The zero-order valence-electron chi connectivity index (χ0n) is 14.3. The van der Waals surface area contributed by atoms with Crippen LogP contribution in [0.3, 0.4) is 0 Å². The quantitative estimate of drug-likeness (QED) is 0.936. The number of benzene rings is 1. The summed E-state index contributed by atoms with van der Waals surface area (Å²) in [4.78, 5) is 24.7. The Hall–Kier alpha value is -2.17. The standard InChI is InChI=1S/C20H23N3O2/c24-18-11-21-23(17-4-2-1-3-16(17)18)12-19(25)22-20-8-13-5-14(9-20)7-15(6-13)10-20/h1-4,11,13-15H,5-10,12H2,(H,22,25). The van der Waals surface area contributed by atoms with E-state index < -0.39 is 0 Å². The van der Waals surface area contributed by atoms with E-state index in [1.807, 2.05) is 18.2 Å². The van der Waals surface area contributed by atoms with Crippen LogP contribution in [-0.4, -0.2) is 21.2 Å². The number of rotatable bonds is 3. The first-order valence-electron chi connectivity index (χ1n) is 9.36. The van der Waals surface area contributed by atoms with Gasteiger partial charge in [0.2, 0.25) is 11.3 Å². The highest BCUT2D eigenvalue weighted by atomic mass is 16.2. The lowest BCUT2D eigenvalue weighted by molar-refractivity contribution is -0.127. The van der Waals surface area contributed by atoms with Gasteiger partial charge in [0.05, 0.1) is 11.7 Å². The van der Waals surface area contributed by atoms with Crippen LogP contribution in [0.25, 0.3) is 10.9 Å². The topological polar surface area (TPSA) is 64.0 Å². The molecule has 1 aromatic heterocycles. The van der Waals surface area contributed by atoms with Crippen LogP contribution in [-0.2, 0) is 11.3 Å². The van der Waals surface area contributed by atoms with Gasteiger partial charge in [0.25, 0.3) is 0 Å². The second-order valence-electron chi connectivity index (χ2n) is 8.43. The molecular formula is C20H23N3O2. The summed E-state index contributed by atoms with van der Waals surface area (Å²) in [6, 6.07) is 7.34. The van der Waals surface area contributed by atoms with Gasteiger partial charge in [-0.2, -0.15) is 5.10 Å². The summed E-state index contributed by atoms with van der Waals surface area (Å²) in [6.45, 7) is 0.169. The average Bonchev–Trinajstić information content (AvgIpc) is 2.56. The maximum Gasteiger partial charge on any atom is 0.242 e. The minimum Gasteiger partial charge on any atom is -0.349 e. The maximum atomic E-state index is 12.8. The molecule has 4 aliphatic carbocycles. The Balaban J connectivity index is 1.38. The predicted molar refractivity (Wildman–Crippen MR) is 95.0 cm³/mol. The molecule has 1 amide bonds. The highest BCUT2D eigenvalue weighted by Gasteiger charge is 2.51. The zero-order valence-corrected chi connectivity index (χ0v) is 14.3. The molecule has 130 valence electrons. The summed E-state index contributed by atoms with van der Waals surface area (Å²) in [5, 5.41) is 8.17. The molecule has 2 aromatic rings. The van der Waals surface area contributed by atoms with Crippen molar-refractivity contribution in [2.45, 2.75) is 50.6 Å². The number of amides is 1. The summed E-state index contributed by atoms with van der Waals surface area (Å²) >= 11 is 0. The summed E-state index contributed by atoms with van der Waals surface area (Å²) < 4.78 is 1.65. The van der Waals surface area contributed by atoms with Crippen LogP contribution in [0, 0.1) is 17.8 Å². The Bertz CT molecular complexity index is 866. The molecule has 1 N–H and O–H groups in total. The van der Waals surface area contributed by atoms with E-state index in [0.717, 1.165) is 42.5 Å². The number of fused-ring (bicyclic) bond motifs is 1. The number of nitrogens with zero attached hydrogens (tertiary/aromatic N) is 2. The minimum absolute atomic E-state index is 0.0146. The SMILES string of the molecule is O=C(Cn1ncc(=O)c2ccccc21)NC12CC3CC(CC(C3)C1)C2. The minimum atomic E-state index is -0.103. The third-order valence-corrected chi connectivity index (χ3v) is 6.50. The van der Waals surface area contributed by atoms with Gasteiger partial charge in [-0.15, -0.1) is 0 Å². The van der Waals surface area contributed by atoms with Gasteiger partial charge in [0.15, 0.2) is 0 Å². The Labute approximate surface area is 146 Å². The number of carbonyl (C=O) groups excluding carboxylic acids is 1. The van der Waals surface area contributed by atoms with Crippen LogP contribution < -0.4 is 10.7 Å². The number of para-hydroxylation sites is 1. The van der Waals surface area contributed by atoms with Crippen molar-refractivity contribution in [2.24, 2.45) is 17.8 Å². The van der Waals surface area contributed by atoms with Gasteiger partial charge in [-0.25, -0.2) is 0 Å². The van der Waals surface area contributed by atoms with Crippen molar-refractivity contribution in [3.8, 4) is 0 Å². The van der Waals surface area contributed by atoms with E-state index in [4.69, 9.17) is 0 Å². The van der Waals surface area contributed by atoms with E-state index in [1.165, 1.54) is 25.5 Å². The van der Waals surface area contributed by atoms with Crippen LogP contribution >= 0.6 is 0 Å². The fraction of sp³-hybridized carbons (Fsp3) is 0.550. The van der Waals surface area contributed by atoms with Gasteiger partial charge >= 0.3 is 0 Å². The highest BCUT2D eigenvalue weighted by Crippen LogP contribution is 2.55. The van der Waals surface area contributed by atoms with E-state index in [1.54, 1.807) is 10.7 Å². The molecule has 1 heterocycles. The molecule has 4 fully saturated rings. The first-order chi connectivity index (χ1) is 12.1. The van der Waals surface area contributed by atoms with Crippen molar-refractivity contribution in [1.29, 1.82) is 0 Å². The molecule has 1 aromatic carbocycles. The molecule has 25 heavy (non-hydrogen) atoms. The fourth-order valence-corrected chi connectivity index (χ4v) is 6.02. The second-order valence-corrected chi connectivity index (χ2v) is 8.43. The lowest BCUT2D eigenvalue weighted by Gasteiger charge is -2.56. The summed E-state index contributed by atoms with van der Waals surface area (Å²) in [6.07, 6.45) is 8.82. The Kier molecular flexibility index (Phi) is 3.27. The van der Waals surface area contributed by atoms with Gasteiger partial charge in [-0.05, 0) is 68.4 Å². The first-order valence-corrected chi connectivity index (χ1v) is 9.36. The van der Waals surface area contributed by atoms with Crippen molar-refractivity contribution in [1.82, 2.24) is 15.1 Å². The van der Waals surface area contributed by atoms with Crippen molar-refractivity contribution in [2.75, 3.05) is 0 Å². The first kappa shape index (κ1) is 15.1. The molecule has 6 rings (SSSR count). The molecule has 0 atom stereocenters. The van der Waals surface area contributed by atoms with E-state index in [2.05, 4.69) is 10.4 Å². The number of nitrogens with one attached hydrogen (secondary N) is 1. The van der Waals surface area contributed by atoms with Crippen molar-refractivity contribution >= 4 is 16.8 Å². The molecule has 4 aliphatic rings. The van der Waals surface area contributed by atoms with Crippen LogP contribution in [0.1, 0.15) is 38.5 Å². The Morgan fingerprint density at radius 1 is 1.12 bits per heavy atom. The number of aromatic nitrogens is 2. The average molecular weight is 337 g/mol. The maximum absolute atomic E-state index is 12.8. The normalized spacial score (nSPS) is 32.9. The van der Waals surface area contributed by atoms with Gasteiger partial charge < -0.3 is 5.32 Å². The second kappa shape index (κ2) is 5.41. The van der Waals surface area contributed by atoms with E-state index in [0.29, 0.717) is 5.39 Å². The third-order valence-electron chi connectivity index (χ3n) is 6.50. The number of hydrogen-bond donors (Lipinski definition) is 1. The van der Waals surface area contributed by atoms with Crippen LogP contribution in [0.4, 0.5) is 0 Å². The lowest BCUT2D eigenvalue weighted by atomic mass is 9.53. The Morgan fingerprint density at radius 3 is 2.44 bits per heavy atom. The van der Waals surface area contributed by atoms with Crippen LogP contribution in [0.5, 0.6) is 0 Å². The molecule has 5 nitrogen and oxygen atoms in total. The molecule has 0 radical (unpaired) electrons. The molecule has 0 aliphatic heterocycles.